The second kappa shape index (κ2) is 9.74. The first kappa shape index (κ1) is 22.3. The Morgan fingerprint density at radius 2 is 1.58 bits per heavy atom. The van der Waals surface area contributed by atoms with Crippen molar-refractivity contribution in [3.05, 3.63) is 111 Å². The zero-order valence-corrected chi connectivity index (χ0v) is 19.0. The van der Waals surface area contributed by atoms with Crippen LogP contribution in [0.25, 0.3) is 11.0 Å². The molecule has 1 heterocycles. The van der Waals surface area contributed by atoms with Crippen molar-refractivity contribution in [2.75, 3.05) is 6.61 Å². The first-order valence-corrected chi connectivity index (χ1v) is 11.0. The second-order valence-electron chi connectivity index (χ2n) is 7.88. The summed E-state index contributed by atoms with van der Waals surface area (Å²) in [5, 5.41) is 0.845. The van der Waals surface area contributed by atoms with Gasteiger partial charge in [-0.15, -0.1) is 0 Å². The molecule has 0 aliphatic heterocycles. The molecule has 0 spiro atoms. The van der Waals surface area contributed by atoms with Crippen LogP contribution in [-0.2, 0) is 16.0 Å². The van der Waals surface area contributed by atoms with Crippen molar-refractivity contribution in [1.82, 2.24) is 0 Å². The van der Waals surface area contributed by atoms with E-state index in [2.05, 4.69) is 0 Å². The summed E-state index contributed by atoms with van der Waals surface area (Å²) in [6.07, 6.45) is -0.422. The topological polar surface area (TPSA) is 65.7 Å². The first-order valence-electron chi connectivity index (χ1n) is 11.0. The van der Waals surface area contributed by atoms with Crippen LogP contribution in [0.4, 0.5) is 0 Å². The summed E-state index contributed by atoms with van der Waals surface area (Å²) in [5.41, 5.74) is 4.00. The number of aryl methyl sites for hydroxylation is 2. The Labute approximate surface area is 192 Å². The van der Waals surface area contributed by atoms with Crippen LogP contribution in [0, 0.1) is 13.8 Å². The summed E-state index contributed by atoms with van der Waals surface area (Å²) in [7, 11) is 0. The van der Waals surface area contributed by atoms with Gasteiger partial charge in [0, 0.05) is 28.5 Å². The Bertz CT molecular complexity index is 1320. The molecular formula is C28H26O5. The highest BCUT2D eigenvalue weighted by atomic mass is 16.6. The van der Waals surface area contributed by atoms with Crippen LogP contribution in [0.5, 0.6) is 5.75 Å². The minimum atomic E-state index is -0.924. The SMILES string of the molecule is CCOC(=O)[C@@H](Oc1ccc2c(C)c(Cc3ccccc3)c(=O)oc2c1C)c1ccccc1. The van der Waals surface area contributed by atoms with Crippen molar-refractivity contribution in [2.45, 2.75) is 33.3 Å². The van der Waals surface area contributed by atoms with Gasteiger partial charge >= 0.3 is 11.6 Å². The molecule has 33 heavy (non-hydrogen) atoms. The number of fused-ring (bicyclic) bond motifs is 1. The van der Waals surface area contributed by atoms with E-state index in [4.69, 9.17) is 13.9 Å². The molecule has 0 N–H and O–H groups in total. The number of benzene rings is 3. The van der Waals surface area contributed by atoms with E-state index in [1.165, 1.54) is 0 Å². The van der Waals surface area contributed by atoms with Gasteiger partial charge in [0.15, 0.2) is 0 Å². The normalized spacial score (nSPS) is 11.8. The number of ether oxygens (including phenoxy) is 2. The third kappa shape index (κ3) is 4.67. The maximum atomic E-state index is 12.9. The Hall–Kier alpha value is -3.86. The van der Waals surface area contributed by atoms with Crippen molar-refractivity contribution < 1.29 is 18.7 Å². The summed E-state index contributed by atoms with van der Waals surface area (Å²) < 4.78 is 17.1. The van der Waals surface area contributed by atoms with E-state index < -0.39 is 12.1 Å². The summed E-state index contributed by atoms with van der Waals surface area (Å²) in [6, 6.07) is 22.7. The lowest BCUT2D eigenvalue weighted by Gasteiger charge is -2.20. The summed E-state index contributed by atoms with van der Waals surface area (Å²) in [6.45, 7) is 5.76. The van der Waals surface area contributed by atoms with Crippen molar-refractivity contribution in [3.63, 3.8) is 0 Å². The minimum absolute atomic E-state index is 0.250. The fraction of sp³-hybridized carbons (Fsp3) is 0.214. The largest absolute Gasteiger partial charge is 0.474 e. The molecule has 1 aromatic heterocycles. The Kier molecular flexibility index (Phi) is 6.59. The molecule has 0 bridgehead atoms. The first-order chi connectivity index (χ1) is 16.0. The monoisotopic (exact) mass is 442 g/mol. The van der Waals surface area contributed by atoms with Crippen LogP contribution in [0.1, 0.15) is 40.8 Å². The Morgan fingerprint density at radius 3 is 2.24 bits per heavy atom. The lowest BCUT2D eigenvalue weighted by atomic mass is 9.98. The van der Waals surface area contributed by atoms with Gasteiger partial charge in [-0.2, -0.15) is 0 Å². The maximum Gasteiger partial charge on any atom is 0.352 e. The predicted molar refractivity (Wildman–Crippen MR) is 128 cm³/mol. The van der Waals surface area contributed by atoms with Crippen LogP contribution < -0.4 is 10.4 Å². The van der Waals surface area contributed by atoms with Gasteiger partial charge in [0.25, 0.3) is 0 Å². The van der Waals surface area contributed by atoms with Gasteiger partial charge in [-0.05, 0) is 44.0 Å². The van der Waals surface area contributed by atoms with Crippen LogP contribution >= 0.6 is 0 Å². The van der Waals surface area contributed by atoms with E-state index in [9.17, 15) is 9.59 Å². The molecule has 0 unspecified atom stereocenters. The van der Waals surface area contributed by atoms with Crippen molar-refractivity contribution in [3.8, 4) is 5.75 Å². The molecule has 0 amide bonds. The molecule has 0 saturated carbocycles. The molecule has 1 atom stereocenters. The van der Waals surface area contributed by atoms with Crippen molar-refractivity contribution in [2.24, 2.45) is 0 Å². The van der Waals surface area contributed by atoms with Gasteiger partial charge in [-0.1, -0.05) is 60.7 Å². The number of rotatable bonds is 7. The number of carbonyl (C=O) groups excluding carboxylic acids is 1. The zero-order chi connectivity index (χ0) is 23.4. The summed E-state index contributed by atoms with van der Waals surface area (Å²) in [5.74, 6) is -0.0122. The molecule has 3 aromatic carbocycles. The van der Waals surface area contributed by atoms with Crippen LogP contribution in [0.15, 0.2) is 82.0 Å². The summed E-state index contributed by atoms with van der Waals surface area (Å²) >= 11 is 0. The summed E-state index contributed by atoms with van der Waals surface area (Å²) in [4.78, 5) is 25.5. The van der Waals surface area contributed by atoms with Gasteiger partial charge in [0.1, 0.15) is 11.3 Å². The van der Waals surface area contributed by atoms with E-state index in [0.717, 1.165) is 16.5 Å². The van der Waals surface area contributed by atoms with Crippen LogP contribution in [0.2, 0.25) is 0 Å². The van der Waals surface area contributed by atoms with E-state index in [-0.39, 0.29) is 12.2 Å². The minimum Gasteiger partial charge on any atom is -0.474 e. The van der Waals surface area contributed by atoms with Crippen molar-refractivity contribution in [1.29, 1.82) is 0 Å². The third-order valence-corrected chi connectivity index (χ3v) is 5.73. The van der Waals surface area contributed by atoms with Gasteiger partial charge in [0.05, 0.1) is 6.61 Å². The average molecular weight is 443 g/mol. The number of esters is 1. The lowest BCUT2D eigenvalue weighted by Crippen LogP contribution is -2.22. The standard InChI is InChI=1S/C28H26O5/c1-4-31-28(30)26(21-13-9-6-10-14-21)32-24-16-15-22-18(2)23(17-20-11-7-5-8-12-20)27(29)33-25(22)19(24)3/h5-16,26H,4,17H2,1-3H3/t26-/m0/s1. The smallest absolute Gasteiger partial charge is 0.352 e. The molecule has 0 radical (unpaired) electrons. The Balaban J connectivity index is 1.74. The highest BCUT2D eigenvalue weighted by Crippen LogP contribution is 2.33. The molecule has 0 aliphatic rings. The average Bonchev–Trinajstić information content (AvgIpc) is 2.83. The van der Waals surface area contributed by atoms with E-state index >= 15 is 0 Å². The number of carbonyl (C=O) groups is 1. The van der Waals surface area contributed by atoms with Crippen LogP contribution in [0.3, 0.4) is 0 Å². The molecule has 5 nitrogen and oxygen atoms in total. The molecule has 4 rings (SSSR count). The molecule has 0 saturated heterocycles. The highest BCUT2D eigenvalue weighted by Gasteiger charge is 2.25. The molecule has 4 aromatic rings. The fourth-order valence-electron chi connectivity index (χ4n) is 3.93. The second-order valence-corrected chi connectivity index (χ2v) is 7.88. The number of hydrogen-bond donors (Lipinski definition) is 0. The van der Waals surface area contributed by atoms with Crippen molar-refractivity contribution >= 4 is 16.9 Å². The molecule has 0 aliphatic carbocycles. The van der Waals surface area contributed by atoms with Gasteiger partial charge < -0.3 is 13.9 Å². The highest BCUT2D eigenvalue weighted by molar-refractivity contribution is 5.86. The lowest BCUT2D eigenvalue weighted by molar-refractivity contribution is -0.151. The third-order valence-electron chi connectivity index (χ3n) is 5.73. The molecule has 168 valence electrons. The fourth-order valence-corrected chi connectivity index (χ4v) is 3.93. The van der Waals surface area contributed by atoms with E-state index in [1.807, 2.05) is 86.6 Å². The van der Waals surface area contributed by atoms with Gasteiger partial charge in [0.2, 0.25) is 6.10 Å². The van der Waals surface area contributed by atoms with Crippen LogP contribution in [-0.4, -0.2) is 12.6 Å². The van der Waals surface area contributed by atoms with Gasteiger partial charge in [-0.3, -0.25) is 0 Å². The molecule has 5 heteroatoms. The Morgan fingerprint density at radius 1 is 0.909 bits per heavy atom. The molecular weight excluding hydrogens is 416 g/mol. The molecule has 0 fully saturated rings. The predicted octanol–water partition coefficient (Wildman–Crippen LogP) is 5.68. The number of hydrogen-bond acceptors (Lipinski definition) is 5. The quantitative estimate of drug-likeness (QED) is 0.272. The van der Waals surface area contributed by atoms with Gasteiger partial charge in [-0.25, -0.2) is 9.59 Å². The maximum absolute atomic E-state index is 12.9. The van der Waals surface area contributed by atoms with E-state index in [1.54, 1.807) is 6.92 Å². The van der Waals surface area contributed by atoms with E-state index in [0.29, 0.717) is 34.4 Å². The zero-order valence-electron chi connectivity index (χ0n) is 19.0.